The highest BCUT2D eigenvalue weighted by Gasteiger charge is 2.21. The van der Waals surface area contributed by atoms with Gasteiger partial charge in [-0.2, -0.15) is 0 Å². The molecule has 0 heterocycles. The summed E-state index contributed by atoms with van der Waals surface area (Å²) in [5.41, 5.74) is 10.6. The summed E-state index contributed by atoms with van der Waals surface area (Å²) in [4.78, 5) is 28.0. The zero-order valence-electron chi connectivity index (χ0n) is 26.5. The third kappa shape index (κ3) is 10.6. The van der Waals surface area contributed by atoms with E-state index in [1.165, 1.54) is 38.5 Å². The Hall–Kier alpha value is -2.78. The van der Waals surface area contributed by atoms with Gasteiger partial charge in [-0.15, -0.1) is 0 Å². The van der Waals surface area contributed by atoms with E-state index in [-0.39, 0.29) is 25.0 Å². The lowest BCUT2D eigenvalue weighted by Gasteiger charge is -2.30. The molecule has 0 aliphatic heterocycles. The predicted octanol–water partition coefficient (Wildman–Crippen LogP) is 9.74. The highest BCUT2D eigenvalue weighted by molar-refractivity contribution is 9.10. The van der Waals surface area contributed by atoms with Crippen molar-refractivity contribution in [2.75, 3.05) is 30.8 Å². The number of benzene rings is 3. The van der Waals surface area contributed by atoms with Gasteiger partial charge in [-0.1, -0.05) is 80.1 Å². The van der Waals surface area contributed by atoms with E-state index in [2.05, 4.69) is 33.1 Å². The van der Waals surface area contributed by atoms with Crippen LogP contribution in [-0.2, 0) is 27.2 Å². The standard InChI is InChI=1S/C36H44BrCl2N3O4/c1-2-42(28-14-6-3-4-7-15-28)24-27-21-26(22-29(37)34(27)40)36(44)46-20-11-5-10-19-45-33(43)23-25-13-8-9-18-32(25)41-35-30(38)16-12-17-31(35)39/h8-9,12-13,16-18,21-22,28,41H,2-7,10-11,14-15,19-20,23-24,40H2,1H3. The summed E-state index contributed by atoms with van der Waals surface area (Å²) in [5.74, 6) is -0.687. The minimum atomic E-state index is -0.365. The summed E-state index contributed by atoms with van der Waals surface area (Å²) in [6.07, 6.45) is 9.78. The van der Waals surface area contributed by atoms with Crippen LogP contribution in [0.5, 0.6) is 0 Å². The summed E-state index contributed by atoms with van der Waals surface area (Å²) in [6.45, 7) is 4.42. The number of nitrogens with two attached hydrogens (primary N) is 1. The van der Waals surface area contributed by atoms with Crippen LogP contribution >= 0.6 is 39.1 Å². The molecule has 0 amide bonds. The minimum Gasteiger partial charge on any atom is -0.465 e. The molecule has 0 atom stereocenters. The summed E-state index contributed by atoms with van der Waals surface area (Å²) in [6, 6.07) is 16.9. The van der Waals surface area contributed by atoms with Crippen molar-refractivity contribution >= 4 is 68.1 Å². The van der Waals surface area contributed by atoms with Crippen molar-refractivity contribution in [1.29, 1.82) is 0 Å². The number of rotatable bonds is 15. The highest BCUT2D eigenvalue weighted by Crippen LogP contribution is 2.34. The molecule has 0 spiro atoms. The summed E-state index contributed by atoms with van der Waals surface area (Å²) >= 11 is 16.1. The largest absolute Gasteiger partial charge is 0.465 e. The molecule has 248 valence electrons. The molecule has 1 fully saturated rings. The van der Waals surface area contributed by atoms with Crippen molar-refractivity contribution in [2.24, 2.45) is 0 Å². The van der Waals surface area contributed by atoms with Gasteiger partial charge in [-0.05, 0) is 96.0 Å². The first-order chi connectivity index (χ1) is 22.3. The molecular formula is C36H44BrCl2N3O4. The lowest BCUT2D eigenvalue weighted by atomic mass is 10.0. The number of carbonyl (C=O) groups is 2. The quantitative estimate of drug-likeness (QED) is 0.0696. The molecule has 0 radical (unpaired) electrons. The number of carbonyl (C=O) groups excluding carboxylic acids is 2. The maximum absolute atomic E-state index is 12.9. The van der Waals surface area contributed by atoms with Gasteiger partial charge in [0, 0.05) is 22.7 Å². The molecule has 1 aliphatic carbocycles. The molecule has 7 nitrogen and oxygen atoms in total. The number of halogens is 3. The van der Waals surface area contributed by atoms with Crippen LogP contribution in [0.2, 0.25) is 10.0 Å². The first kappa shape index (κ1) is 36.1. The molecule has 0 unspecified atom stereocenters. The fourth-order valence-electron chi connectivity index (χ4n) is 5.83. The number of esters is 2. The maximum atomic E-state index is 12.9. The number of ether oxygens (including phenoxy) is 2. The molecule has 1 saturated carbocycles. The first-order valence-corrected chi connectivity index (χ1v) is 17.7. The fourth-order valence-corrected chi connectivity index (χ4v) is 6.83. The molecule has 3 N–H and O–H groups in total. The molecule has 0 bridgehead atoms. The van der Waals surface area contributed by atoms with Crippen LogP contribution in [0.4, 0.5) is 17.1 Å². The normalized spacial score (nSPS) is 13.8. The molecule has 3 aromatic rings. The van der Waals surface area contributed by atoms with E-state index in [1.807, 2.05) is 30.3 Å². The van der Waals surface area contributed by atoms with Gasteiger partial charge in [0.15, 0.2) is 0 Å². The van der Waals surface area contributed by atoms with E-state index in [1.54, 1.807) is 24.3 Å². The van der Waals surface area contributed by atoms with Crippen molar-refractivity contribution in [3.8, 4) is 0 Å². The number of hydrogen-bond donors (Lipinski definition) is 2. The smallest absolute Gasteiger partial charge is 0.338 e. The van der Waals surface area contributed by atoms with Gasteiger partial charge in [-0.3, -0.25) is 9.69 Å². The Balaban J connectivity index is 1.19. The van der Waals surface area contributed by atoms with Crippen LogP contribution in [0.25, 0.3) is 0 Å². The SMILES string of the molecule is CCN(Cc1cc(C(=O)OCCCCCOC(=O)Cc2ccccc2Nc2c(Cl)cccc2Cl)cc(Br)c1N)C1CCCCCC1. The number of hydrogen-bond acceptors (Lipinski definition) is 7. The third-order valence-corrected chi connectivity index (χ3v) is 9.72. The van der Waals surface area contributed by atoms with Crippen molar-refractivity contribution < 1.29 is 19.1 Å². The van der Waals surface area contributed by atoms with Crippen molar-refractivity contribution in [3.63, 3.8) is 0 Å². The Labute approximate surface area is 291 Å². The topological polar surface area (TPSA) is 93.9 Å². The summed E-state index contributed by atoms with van der Waals surface area (Å²) in [7, 11) is 0. The van der Waals surface area contributed by atoms with E-state index in [4.69, 9.17) is 38.4 Å². The predicted molar refractivity (Wildman–Crippen MR) is 191 cm³/mol. The number of nitrogen functional groups attached to an aromatic ring is 1. The Bertz CT molecular complexity index is 1440. The average molecular weight is 734 g/mol. The molecular weight excluding hydrogens is 689 g/mol. The van der Waals surface area contributed by atoms with E-state index in [0.29, 0.717) is 63.5 Å². The van der Waals surface area contributed by atoms with Gasteiger partial charge < -0.3 is 20.5 Å². The second-order valence-electron chi connectivity index (χ2n) is 11.7. The Morgan fingerprint density at radius 2 is 1.59 bits per heavy atom. The van der Waals surface area contributed by atoms with Gasteiger partial charge in [0.05, 0.1) is 46.6 Å². The van der Waals surface area contributed by atoms with Crippen molar-refractivity contribution in [2.45, 2.75) is 83.7 Å². The monoisotopic (exact) mass is 731 g/mol. The number of unbranched alkanes of at least 4 members (excludes halogenated alkanes) is 2. The Morgan fingerprint density at radius 1 is 0.913 bits per heavy atom. The van der Waals surface area contributed by atoms with Crippen molar-refractivity contribution in [1.82, 2.24) is 4.90 Å². The first-order valence-electron chi connectivity index (χ1n) is 16.2. The lowest BCUT2D eigenvalue weighted by Crippen LogP contribution is -2.34. The highest BCUT2D eigenvalue weighted by atomic mass is 79.9. The summed E-state index contributed by atoms with van der Waals surface area (Å²) in [5, 5.41) is 4.22. The molecule has 4 rings (SSSR count). The lowest BCUT2D eigenvalue weighted by molar-refractivity contribution is -0.142. The third-order valence-electron chi connectivity index (χ3n) is 8.43. The minimum absolute atomic E-state index is 0.110. The van der Waals surface area contributed by atoms with Crippen LogP contribution in [0.15, 0.2) is 59.1 Å². The summed E-state index contributed by atoms with van der Waals surface area (Å²) < 4.78 is 11.8. The fraction of sp³-hybridized carbons (Fsp3) is 0.444. The zero-order valence-corrected chi connectivity index (χ0v) is 29.6. The van der Waals surface area contributed by atoms with Crippen LogP contribution in [-0.4, -0.2) is 42.6 Å². The van der Waals surface area contributed by atoms with Gasteiger partial charge in [0.25, 0.3) is 0 Å². The van der Waals surface area contributed by atoms with Crippen LogP contribution in [0.3, 0.4) is 0 Å². The number of nitrogens with one attached hydrogen (secondary N) is 1. The average Bonchev–Trinajstić information content (AvgIpc) is 3.33. The van der Waals surface area contributed by atoms with E-state index >= 15 is 0 Å². The van der Waals surface area contributed by atoms with Crippen LogP contribution in [0, 0.1) is 0 Å². The van der Waals surface area contributed by atoms with Crippen molar-refractivity contribution in [3.05, 3.63) is 85.8 Å². The Kier molecular flexibility index (Phi) is 14.5. The van der Waals surface area contributed by atoms with E-state index < -0.39 is 0 Å². The maximum Gasteiger partial charge on any atom is 0.338 e. The van der Waals surface area contributed by atoms with Gasteiger partial charge in [0.2, 0.25) is 0 Å². The molecule has 3 aromatic carbocycles. The second kappa shape index (κ2) is 18.5. The van der Waals surface area contributed by atoms with Gasteiger partial charge in [0.1, 0.15) is 0 Å². The second-order valence-corrected chi connectivity index (χ2v) is 13.4. The molecule has 10 heteroatoms. The van der Waals surface area contributed by atoms with Gasteiger partial charge in [-0.25, -0.2) is 4.79 Å². The van der Waals surface area contributed by atoms with Crippen LogP contribution in [0.1, 0.15) is 86.2 Å². The number of anilines is 3. The molecule has 0 aromatic heterocycles. The number of para-hydroxylation sites is 2. The number of nitrogens with zero attached hydrogens (tertiary/aromatic N) is 1. The van der Waals surface area contributed by atoms with E-state index in [0.717, 1.165) is 29.8 Å². The van der Waals surface area contributed by atoms with Crippen LogP contribution < -0.4 is 11.1 Å². The Morgan fingerprint density at radius 3 is 2.28 bits per heavy atom. The zero-order chi connectivity index (χ0) is 32.9. The molecule has 0 saturated heterocycles. The molecule has 46 heavy (non-hydrogen) atoms. The van der Waals surface area contributed by atoms with Gasteiger partial charge >= 0.3 is 11.9 Å². The van der Waals surface area contributed by atoms with E-state index in [9.17, 15) is 9.59 Å². The molecule has 1 aliphatic rings.